The van der Waals surface area contributed by atoms with Crippen LogP contribution in [0.2, 0.25) is 0 Å². The average Bonchev–Trinajstić information content (AvgIpc) is 2.37. The predicted octanol–water partition coefficient (Wildman–Crippen LogP) is 4.84. The number of alkyl halides is 3. The van der Waals surface area contributed by atoms with Gasteiger partial charge in [0.15, 0.2) is 0 Å². The summed E-state index contributed by atoms with van der Waals surface area (Å²) in [6.45, 7) is 4.23. The number of hydrogen-bond donors (Lipinski definition) is 1. The van der Waals surface area contributed by atoms with Gasteiger partial charge in [0.25, 0.3) is 0 Å². The smallest absolute Gasteiger partial charge is 0.321 e. The molecule has 0 radical (unpaired) electrons. The summed E-state index contributed by atoms with van der Waals surface area (Å²) in [5.74, 6) is -0.349. The maximum atomic E-state index is 13.8. The van der Waals surface area contributed by atoms with Crippen LogP contribution in [0.5, 0.6) is 0 Å². The molecule has 0 aromatic heterocycles. The van der Waals surface area contributed by atoms with E-state index in [1.165, 1.54) is 6.07 Å². The number of rotatable bonds is 2. The first-order chi connectivity index (χ1) is 9.63. The summed E-state index contributed by atoms with van der Waals surface area (Å²) in [4.78, 5) is 0. The number of benzene rings is 1. The third-order valence-corrected chi connectivity index (χ3v) is 4.62. The third-order valence-electron chi connectivity index (χ3n) is 4.62. The molecule has 1 nitrogen and oxygen atoms in total. The first-order valence-electron chi connectivity index (χ1n) is 7.29. The van der Waals surface area contributed by atoms with Crippen LogP contribution in [0.15, 0.2) is 18.2 Å². The normalized spacial score (nSPS) is 27.1. The van der Waals surface area contributed by atoms with Crippen molar-refractivity contribution in [3.05, 3.63) is 35.1 Å². The molecular weight excluding hydrogens is 282 g/mol. The molecule has 1 aromatic carbocycles. The standard InChI is InChI=1S/C16H21F4N/c1-10(2)11-4-3-7-15(21,9-11)12-5-6-13(14(17)8-12)16(18,19)20/h5-6,8,10-11H,3-4,7,9,21H2,1-2H3. The Morgan fingerprint density at radius 1 is 1.29 bits per heavy atom. The molecule has 1 fully saturated rings. The minimum atomic E-state index is -4.67. The molecule has 118 valence electrons. The van der Waals surface area contributed by atoms with Crippen LogP contribution in [0.1, 0.15) is 50.7 Å². The van der Waals surface area contributed by atoms with Crippen molar-refractivity contribution in [3.63, 3.8) is 0 Å². The van der Waals surface area contributed by atoms with Crippen LogP contribution in [0.4, 0.5) is 17.6 Å². The van der Waals surface area contributed by atoms with Crippen LogP contribution in [0, 0.1) is 17.7 Å². The zero-order valence-corrected chi connectivity index (χ0v) is 12.3. The Labute approximate surface area is 122 Å². The SMILES string of the molecule is CC(C)C1CCCC(N)(c2ccc(C(F)(F)F)c(F)c2)C1. The summed E-state index contributed by atoms with van der Waals surface area (Å²) < 4.78 is 51.6. The Hall–Kier alpha value is -1.10. The number of nitrogens with two attached hydrogens (primary N) is 1. The lowest BCUT2D eigenvalue weighted by atomic mass is 9.69. The summed E-state index contributed by atoms with van der Waals surface area (Å²) in [5, 5.41) is 0. The van der Waals surface area contributed by atoms with Crippen molar-refractivity contribution in [2.24, 2.45) is 17.6 Å². The average molecular weight is 303 g/mol. The van der Waals surface area contributed by atoms with E-state index in [1.807, 2.05) is 0 Å². The largest absolute Gasteiger partial charge is 0.419 e. The highest BCUT2D eigenvalue weighted by Crippen LogP contribution is 2.42. The topological polar surface area (TPSA) is 26.0 Å². The van der Waals surface area contributed by atoms with Crippen LogP contribution >= 0.6 is 0 Å². The molecule has 0 bridgehead atoms. The van der Waals surface area contributed by atoms with Crippen molar-refractivity contribution in [2.75, 3.05) is 0 Å². The number of hydrogen-bond acceptors (Lipinski definition) is 1. The van der Waals surface area contributed by atoms with Crippen LogP contribution in [-0.4, -0.2) is 0 Å². The fraction of sp³-hybridized carbons (Fsp3) is 0.625. The van der Waals surface area contributed by atoms with Gasteiger partial charge in [-0.3, -0.25) is 0 Å². The van der Waals surface area contributed by atoms with Crippen LogP contribution < -0.4 is 5.73 Å². The molecule has 0 amide bonds. The summed E-state index contributed by atoms with van der Waals surface area (Å²) >= 11 is 0. The van der Waals surface area contributed by atoms with Gasteiger partial charge in [-0.15, -0.1) is 0 Å². The van der Waals surface area contributed by atoms with E-state index >= 15 is 0 Å². The second-order valence-corrected chi connectivity index (χ2v) is 6.45. The van der Waals surface area contributed by atoms with Gasteiger partial charge in [0, 0.05) is 5.54 Å². The molecule has 2 N–H and O–H groups in total. The number of halogens is 4. The second-order valence-electron chi connectivity index (χ2n) is 6.45. The molecule has 0 heterocycles. The minimum Gasteiger partial charge on any atom is -0.321 e. The Bertz CT molecular complexity index is 509. The van der Waals surface area contributed by atoms with Gasteiger partial charge in [0.2, 0.25) is 0 Å². The van der Waals surface area contributed by atoms with E-state index in [2.05, 4.69) is 13.8 Å². The summed E-state index contributed by atoms with van der Waals surface area (Å²) in [7, 11) is 0. The van der Waals surface area contributed by atoms with Crippen molar-refractivity contribution in [3.8, 4) is 0 Å². The fourth-order valence-corrected chi connectivity index (χ4v) is 3.24. The summed E-state index contributed by atoms with van der Waals surface area (Å²) in [6, 6.07) is 3.10. The van der Waals surface area contributed by atoms with Crippen LogP contribution in [-0.2, 0) is 11.7 Å². The van der Waals surface area contributed by atoms with Crippen molar-refractivity contribution in [1.82, 2.24) is 0 Å². The minimum absolute atomic E-state index is 0.425. The molecule has 21 heavy (non-hydrogen) atoms. The summed E-state index contributed by atoms with van der Waals surface area (Å²) in [6.07, 6.45) is -1.31. The monoisotopic (exact) mass is 303 g/mol. The van der Waals surface area contributed by atoms with E-state index in [9.17, 15) is 17.6 Å². The quantitative estimate of drug-likeness (QED) is 0.777. The molecule has 1 saturated carbocycles. The van der Waals surface area contributed by atoms with E-state index in [0.717, 1.165) is 25.0 Å². The van der Waals surface area contributed by atoms with E-state index in [-0.39, 0.29) is 0 Å². The van der Waals surface area contributed by atoms with Crippen LogP contribution in [0.3, 0.4) is 0 Å². The maximum absolute atomic E-state index is 13.8. The highest BCUT2D eigenvalue weighted by Gasteiger charge is 2.38. The van der Waals surface area contributed by atoms with Crippen LogP contribution in [0.25, 0.3) is 0 Å². The Balaban J connectivity index is 2.31. The molecule has 1 aliphatic carbocycles. The first-order valence-corrected chi connectivity index (χ1v) is 7.29. The van der Waals surface area contributed by atoms with Gasteiger partial charge in [-0.2, -0.15) is 13.2 Å². The second kappa shape index (κ2) is 5.59. The molecule has 0 spiro atoms. The van der Waals surface area contributed by atoms with Gasteiger partial charge < -0.3 is 5.73 Å². The highest BCUT2D eigenvalue weighted by molar-refractivity contribution is 5.31. The Morgan fingerprint density at radius 3 is 2.48 bits per heavy atom. The van der Waals surface area contributed by atoms with E-state index in [0.29, 0.717) is 30.2 Å². The molecule has 2 unspecified atom stereocenters. The fourth-order valence-electron chi connectivity index (χ4n) is 3.24. The van der Waals surface area contributed by atoms with Crippen molar-refractivity contribution >= 4 is 0 Å². The summed E-state index contributed by atoms with van der Waals surface area (Å²) in [5.41, 5.74) is 4.90. The molecule has 0 aliphatic heterocycles. The lowest BCUT2D eigenvalue weighted by Crippen LogP contribution is -2.42. The van der Waals surface area contributed by atoms with Gasteiger partial charge >= 0.3 is 6.18 Å². The lowest BCUT2D eigenvalue weighted by Gasteiger charge is -2.40. The predicted molar refractivity (Wildman–Crippen MR) is 74.1 cm³/mol. The molecule has 2 rings (SSSR count). The zero-order valence-electron chi connectivity index (χ0n) is 12.3. The highest BCUT2D eigenvalue weighted by atomic mass is 19.4. The van der Waals surface area contributed by atoms with E-state index in [1.54, 1.807) is 0 Å². The molecule has 1 aromatic rings. The van der Waals surface area contributed by atoms with Gasteiger partial charge in [-0.25, -0.2) is 4.39 Å². The van der Waals surface area contributed by atoms with Gasteiger partial charge in [-0.05, 0) is 42.4 Å². The first kappa shape index (κ1) is 16.3. The maximum Gasteiger partial charge on any atom is 0.419 e. The molecule has 1 aliphatic rings. The van der Waals surface area contributed by atoms with Gasteiger partial charge in [-0.1, -0.05) is 32.8 Å². The molecular formula is C16H21F4N. The molecule has 0 saturated heterocycles. The Morgan fingerprint density at radius 2 is 1.95 bits per heavy atom. The van der Waals surface area contributed by atoms with E-state index < -0.39 is 23.1 Å². The van der Waals surface area contributed by atoms with Crippen molar-refractivity contribution in [1.29, 1.82) is 0 Å². The van der Waals surface area contributed by atoms with E-state index in [4.69, 9.17) is 5.73 Å². The lowest BCUT2D eigenvalue weighted by molar-refractivity contribution is -0.140. The van der Waals surface area contributed by atoms with Crippen molar-refractivity contribution in [2.45, 2.75) is 51.2 Å². The Kier molecular flexibility index (Phi) is 4.34. The van der Waals surface area contributed by atoms with Gasteiger partial charge in [0.05, 0.1) is 5.56 Å². The van der Waals surface area contributed by atoms with Gasteiger partial charge in [0.1, 0.15) is 5.82 Å². The van der Waals surface area contributed by atoms with Crippen molar-refractivity contribution < 1.29 is 17.6 Å². The molecule has 5 heteroatoms. The zero-order chi connectivity index (χ0) is 15.8. The third kappa shape index (κ3) is 3.39. The molecule has 2 atom stereocenters.